The minimum Gasteiger partial charge on any atom is -0.351 e. The van der Waals surface area contributed by atoms with Crippen molar-refractivity contribution in [3.8, 4) is 6.07 Å². The van der Waals surface area contributed by atoms with Crippen LogP contribution in [0.15, 0.2) is 18.2 Å². The van der Waals surface area contributed by atoms with Crippen molar-refractivity contribution < 1.29 is 4.79 Å². The standard InChI is InChI=1S/C16H17N3O/c1-2-4-12-7-11(10-17)8-13-9-14-16(20)18-5-3-6-19(14)15(12)13/h7-9H,2-6H2,1H3,(H,18,20). The summed E-state index contributed by atoms with van der Waals surface area (Å²) in [5.74, 6) is -0.0142. The molecule has 1 aliphatic rings. The lowest BCUT2D eigenvalue weighted by Crippen LogP contribution is -2.22. The molecular weight excluding hydrogens is 250 g/mol. The smallest absolute Gasteiger partial charge is 0.267 e. The summed E-state index contributed by atoms with van der Waals surface area (Å²) in [5.41, 5.74) is 3.67. The Morgan fingerprint density at radius 1 is 1.40 bits per heavy atom. The molecule has 0 saturated heterocycles. The van der Waals surface area contributed by atoms with E-state index in [1.54, 1.807) is 0 Å². The van der Waals surface area contributed by atoms with Crippen molar-refractivity contribution in [3.63, 3.8) is 0 Å². The van der Waals surface area contributed by atoms with Gasteiger partial charge in [-0.25, -0.2) is 0 Å². The SMILES string of the molecule is CCCc1cc(C#N)cc2cc3n(c12)CCCNC3=O. The second-order valence-electron chi connectivity index (χ2n) is 5.23. The third-order valence-corrected chi connectivity index (χ3v) is 3.80. The van der Waals surface area contributed by atoms with E-state index in [1.807, 2.05) is 18.2 Å². The summed E-state index contributed by atoms with van der Waals surface area (Å²) >= 11 is 0. The Kier molecular flexibility index (Phi) is 3.19. The van der Waals surface area contributed by atoms with Crippen LogP contribution in [0.25, 0.3) is 10.9 Å². The largest absolute Gasteiger partial charge is 0.351 e. The van der Waals surface area contributed by atoms with Crippen LogP contribution in [0.3, 0.4) is 0 Å². The van der Waals surface area contributed by atoms with Gasteiger partial charge in [0, 0.05) is 18.5 Å². The number of carbonyl (C=O) groups excluding carboxylic acids is 1. The van der Waals surface area contributed by atoms with E-state index in [1.165, 1.54) is 5.56 Å². The van der Waals surface area contributed by atoms with Gasteiger partial charge in [-0.15, -0.1) is 0 Å². The van der Waals surface area contributed by atoms with Crippen molar-refractivity contribution in [2.75, 3.05) is 6.54 Å². The van der Waals surface area contributed by atoms with E-state index in [4.69, 9.17) is 5.26 Å². The summed E-state index contributed by atoms with van der Waals surface area (Å²) in [7, 11) is 0. The number of amides is 1. The summed E-state index contributed by atoms with van der Waals surface area (Å²) in [5, 5.41) is 13.1. The van der Waals surface area contributed by atoms with Crippen molar-refractivity contribution in [1.82, 2.24) is 9.88 Å². The van der Waals surface area contributed by atoms with Gasteiger partial charge in [0.2, 0.25) is 0 Å². The van der Waals surface area contributed by atoms with E-state index in [-0.39, 0.29) is 5.91 Å². The number of rotatable bonds is 2. The van der Waals surface area contributed by atoms with Crippen LogP contribution in [0, 0.1) is 11.3 Å². The molecular formula is C16H17N3O. The van der Waals surface area contributed by atoms with Gasteiger partial charge < -0.3 is 9.88 Å². The molecule has 0 aliphatic carbocycles. The Balaban J connectivity index is 2.30. The van der Waals surface area contributed by atoms with E-state index >= 15 is 0 Å². The van der Waals surface area contributed by atoms with Gasteiger partial charge in [-0.2, -0.15) is 5.26 Å². The second kappa shape index (κ2) is 5.01. The highest BCUT2D eigenvalue weighted by Gasteiger charge is 2.20. The van der Waals surface area contributed by atoms with Crippen molar-refractivity contribution in [1.29, 1.82) is 5.26 Å². The number of carbonyl (C=O) groups is 1. The maximum atomic E-state index is 12.1. The number of fused-ring (bicyclic) bond motifs is 3. The molecule has 1 amide bonds. The zero-order valence-corrected chi connectivity index (χ0v) is 11.6. The highest BCUT2D eigenvalue weighted by Crippen LogP contribution is 2.27. The van der Waals surface area contributed by atoms with Crippen LogP contribution in [0.2, 0.25) is 0 Å². The van der Waals surface area contributed by atoms with Crippen LogP contribution in [0.5, 0.6) is 0 Å². The molecule has 0 unspecified atom stereocenters. The predicted octanol–water partition coefficient (Wildman–Crippen LogP) is 2.60. The molecule has 1 aromatic heterocycles. The number of benzene rings is 1. The van der Waals surface area contributed by atoms with Crippen LogP contribution in [0.4, 0.5) is 0 Å². The Hall–Kier alpha value is -2.28. The Morgan fingerprint density at radius 2 is 2.25 bits per heavy atom. The van der Waals surface area contributed by atoms with E-state index in [0.717, 1.165) is 43.3 Å². The molecule has 0 atom stereocenters. The first kappa shape index (κ1) is 12.7. The van der Waals surface area contributed by atoms with Gasteiger partial charge in [-0.3, -0.25) is 4.79 Å². The molecule has 4 heteroatoms. The maximum absolute atomic E-state index is 12.1. The highest BCUT2D eigenvalue weighted by molar-refractivity contribution is 6.00. The summed E-state index contributed by atoms with van der Waals surface area (Å²) in [4.78, 5) is 12.1. The molecule has 20 heavy (non-hydrogen) atoms. The number of hydrogen-bond acceptors (Lipinski definition) is 2. The van der Waals surface area contributed by atoms with E-state index in [0.29, 0.717) is 11.3 Å². The van der Waals surface area contributed by atoms with Gasteiger partial charge in [0.25, 0.3) is 5.91 Å². The third kappa shape index (κ3) is 1.96. The van der Waals surface area contributed by atoms with Gasteiger partial charge in [-0.1, -0.05) is 13.3 Å². The van der Waals surface area contributed by atoms with Crippen molar-refractivity contribution in [3.05, 3.63) is 35.0 Å². The quantitative estimate of drug-likeness (QED) is 0.909. The first-order chi connectivity index (χ1) is 9.74. The van der Waals surface area contributed by atoms with Crippen LogP contribution in [-0.4, -0.2) is 17.0 Å². The van der Waals surface area contributed by atoms with Crippen molar-refractivity contribution >= 4 is 16.8 Å². The van der Waals surface area contributed by atoms with Gasteiger partial charge in [0.15, 0.2) is 0 Å². The lowest BCUT2D eigenvalue weighted by Gasteiger charge is -2.09. The normalized spacial score (nSPS) is 14.5. The predicted molar refractivity (Wildman–Crippen MR) is 77.6 cm³/mol. The fraction of sp³-hybridized carbons (Fsp3) is 0.375. The molecule has 2 heterocycles. The average Bonchev–Trinajstić information content (AvgIpc) is 2.73. The third-order valence-electron chi connectivity index (χ3n) is 3.80. The van der Waals surface area contributed by atoms with Gasteiger partial charge in [0.05, 0.1) is 17.1 Å². The van der Waals surface area contributed by atoms with Gasteiger partial charge in [0.1, 0.15) is 5.69 Å². The highest BCUT2D eigenvalue weighted by atomic mass is 16.1. The number of nitrogens with one attached hydrogen (secondary N) is 1. The fourth-order valence-electron chi connectivity index (χ4n) is 2.98. The average molecular weight is 267 g/mol. The van der Waals surface area contributed by atoms with Gasteiger partial charge in [-0.05, 0) is 36.6 Å². The van der Waals surface area contributed by atoms with E-state index in [2.05, 4.69) is 22.9 Å². The number of aromatic nitrogens is 1. The summed E-state index contributed by atoms with van der Waals surface area (Å²) in [6.45, 7) is 3.70. The topological polar surface area (TPSA) is 57.8 Å². The second-order valence-corrected chi connectivity index (χ2v) is 5.23. The molecule has 0 spiro atoms. The van der Waals surface area contributed by atoms with Crippen molar-refractivity contribution in [2.24, 2.45) is 0 Å². The number of hydrogen-bond donors (Lipinski definition) is 1. The first-order valence-corrected chi connectivity index (χ1v) is 7.09. The lowest BCUT2D eigenvalue weighted by atomic mass is 10.0. The molecule has 4 nitrogen and oxygen atoms in total. The molecule has 0 bridgehead atoms. The Bertz CT molecular complexity index is 721. The number of nitriles is 1. The summed E-state index contributed by atoms with van der Waals surface area (Å²) in [6, 6.07) is 7.96. The molecule has 1 aromatic carbocycles. The molecule has 0 fully saturated rings. The minimum absolute atomic E-state index is 0.0142. The van der Waals surface area contributed by atoms with E-state index in [9.17, 15) is 4.79 Å². The minimum atomic E-state index is -0.0142. The first-order valence-electron chi connectivity index (χ1n) is 7.09. The molecule has 1 N–H and O–H groups in total. The molecule has 3 rings (SSSR count). The molecule has 102 valence electrons. The summed E-state index contributed by atoms with van der Waals surface area (Å²) in [6.07, 6.45) is 2.89. The number of aryl methyl sites for hydroxylation is 2. The molecule has 2 aromatic rings. The Morgan fingerprint density at radius 3 is 3.00 bits per heavy atom. The number of nitrogens with zero attached hydrogens (tertiary/aromatic N) is 2. The van der Waals surface area contributed by atoms with Crippen LogP contribution in [0.1, 0.15) is 41.4 Å². The van der Waals surface area contributed by atoms with Crippen LogP contribution >= 0.6 is 0 Å². The monoisotopic (exact) mass is 267 g/mol. The maximum Gasteiger partial charge on any atom is 0.267 e. The fourth-order valence-corrected chi connectivity index (χ4v) is 2.98. The zero-order valence-electron chi connectivity index (χ0n) is 11.6. The Labute approximate surface area is 118 Å². The molecule has 1 aliphatic heterocycles. The van der Waals surface area contributed by atoms with Crippen LogP contribution < -0.4 is 5.32 Å². The zero-order chi connectivity index (χ0) is 14.1. The van der Waals surface area contributed by atoms with Crippen LogP contribution in [-0.2, 0) is 13.0 Å². The molecule has 0 saturated carbocycles. The lowest BCUT2D eigenvalue weighted by molar-refractivity contribution is 0.0951. The summed E-state index contributed by atoms with van der Waals surface area (Å²) < 4.78 is 2.11. The van der Waals surface area contributed by atoms with Crippen molar-refractivity contribution in [2.45, 2.75) is 32.7 Å². The van der Waals surface area contributed by atoms with E-state index < -0.39 is 0 Å². The molecule has 0 radical (unpaired) electrons. The van der Waals surface area contributed by atoms with Gasteiger partial charge >= 0.3 is 0 Å².